The Kier molecular flexibility index (Phi) is 13.0. The summed E-state index contributed by atoms with van der Waals surface area (Å²) in [7, 11) is 5.79. The van der Waals surface area contributed by atoms with E-state index in [1.54, 1.807) is 7.05 Å². The summed E-state index contributed by atoms with van der Waals surface area (Å²) in [6.45, 7) is 5.43. The monoisotopic (exact) mass is 529 g/mol. The van der Waals surface area contributed by atoms with E-state index in [-0.39, 0.29) is 29.9 Å². The van der Waals surface area contributed by atoms with Gasteiger partial charge in [0, 0.05) is 38.8 Å². The predicted octanol–water partition coefficient (Wildman–Crippen LogP) is 3.48. The Morgan fingerprint density at radius 3 is 2.67 bits per heavy atom. The van der Waals surface area contributed by atoms with Gasteiger partial charge in [-0.05, 0) is 56.5 Å². The zero-order valence-corrected chi connectivity index (χ0v) is 21.4. The molecule has 30 heavy (non-hydrogen) atoms. The van der Waals surface area contributed by atoms with Crippen molar-refractivity contribution >= 4 is 35.8 Å². The van der Waals surface area contributed by atoms with Crippen molar-refractivity contribution in [3.05, 3.63) is 35.4 Å². The molecule has 0 aliphatic heterocycles. The lowest BCUT2D eigenvalue weighted by Gasteiger charge is -2.26. The number of likely N-dealkylation sites (N-methyl/N-ethyl adjacent to an activating group) is 1. The second-order valence-electron chi connectivity index (χ2n) is 8.54. The minimum absolute atomic E-state index is 0. The molecule has 170 valence electrons. The van der Waals surface area contributed by atoms with Crippen LogP contribution in [-0.2, 0) is 6.54 Å². The molecule has 2 rings (SSSR count). The first-order valence-corrected chi connectivity index (χ1v) is 10.9. The second kappa shape index (κ2) is 14.6. The number of nitrogens with zero attached hydrogens (tertiary/aromatic N) is 2. The van der Waals surface area contributed by atoms with Crippen molar-refractivity contribution in [3.63, 3.8) is 0 Å². The highest BCUT2D eigenvalue weighted by Crippen LogP contribution is 2.30. The molecule has 7 heteroatoms. The molecule has 0 spiro atoms. The van der Waals surface area contributed by atoms with Gasteiger partial charge in [-0.3, -0.25) is 9.79 Å². The molecule has 0 radical (unpaired) electrons. The molecule has 2 atom stereocenters. The first kappa shape index (κ1) is 26.7. The van der Waals surface area contributed by atoms with Crippen molar-refractivity contribution in [1.82, 2.24) is 20.9 Å². The van der Waals surface area contributed by atoms with Crippen molar-refractivity contribution in [2.24, 2.45) is 16.8 Å². The van der Waals surface area contributed by atoms with Gasteiger partial charge in [0.15, 0.2) is 5.96 Å². The Hall–Kier alpha value is -1.35. The average Bonchev–Trinajstić information content (AvgIpc) is 2.70. The van der Waals surface area contributed by atoms with Gasteiger partial charge in [-0.1, -0.05) is 38.3 Å². The molecule has 1 aromatic rings. The van der Waals surface area contributed by atoms with Crippen LogP contribution in [0.2, 0.25) is 0 Å². The third kappa shape index (κ3) is 10.1. The van der Waals surface area contributed by atoms with Gasteiger partial charge < -0.3 is 20.9 Å². The van der Waals surface area contributed by atoms with Gasteiger partial charge in [0.1, 0.15) is 0 Å². The highest BCUT2D eigenvalue weighted by Gasteiger charge is 2.18. The maximum absolute atomic E-state index is 12.3. The van der Waals surface area contributed by atoms with E-state index in [1.165, 1.54) is 32.1 Å². The molecule has 0 saturated heterocycles. The summed E-state index contributed by atoms with van der Waals surface area (Å²) >= 11 is 0. The molecule has 1 aromatic carbocycles. The Labute approximate surface area is 199 Å². The number of amides is 1. The zero-order valence-electron chi connectivity index (χ0n) is 19.0. The van der Waals surface area contributed by atoms with E-state index in [2.05, 4.69) is 27.9 Å². The maximum atomic E-state index is 12.3. The number of hydrogen-bond donors (Lipinski definition) is 3. The number of guanidine groups is 1. The first-order chi connectivity index (χ1) is 14.0. The van der Waals surface area contributed by atoms with E-state index < -0.39 is 0 Å². The van der Waals surface area contributed by atoms with Crippen LogP contribution in [0.15, 0.2) is 29.3 Å². The first-order valence-electron chi connectivity index (χ1n) is 10.9. The van der Waals surface area contributed by atoms with Crippen LogP contribution in [0.5, 0.6) is 0 Å². The van der Waals surface area contributed by atoms with Crippen LogP contribution in [0.25, 0.3) is 0 Å². The number of carbonyl (C=O) groups excluding carboxylic acids is 1. The number of hydrogen-bond acceptors (Lipinski definition) is 3. The van der Waals surface area contributed by atoms with Gasteiger partial charge in [0.25, 0.3) is 5.91 Å². The van der Waals surface area contributed by atoms with Gasteiger partial charge >= 0.3 is 0 Å². The number of halogens is 1. The van der Waals surface area contributed by atoms with Gasteiger partial charge in [0.05, 0.1) is 0 Å². The van der Waals surface area contributed by atoms with Crippen LogP contribution >= 0.6 is 24.0 Å². The lowest BCUT2D eigenvalue weighted by Crippen LogP contribution is -2.38. The molecular weight excluding hydrogens is 489 g/mol. The van der Waals surface area contributed by atoms with Crippen molar-refractivity contribution in [1.29, 1.82) is 0 Å². The van der Waals surface area contributed by atoms with Gasteiger partial charge in [-0.15, -0.1) is 24.0 Å². The maximum Gasteiger partial charge on any atom is 0.251 e. The third-order valence-electron chi connectivity index (χ3n) is 5.61. The number of aliphatic imine (C=N–C) groups is 1. The van der Waals surface area contributed by atoms with Crippen LogP contribution in [0.4, 0.5) is 0 Å². The summed E-state index contributed by atoms with van der Waals surface area (Å²) in [5, 5.41) is 9.75. The average molecular weight is 530 g/mol. The quantitative estimate of drug-likeness (QED) is 0.260. The lowest BCUT2D eigenvalue weighted by atomic mass is 9.81. The van der Waals surface area contributed by atoms with E-state index >= 15 is 0 Å². The molecule has 2 unspecified atom stereocenters. The molecule has 3 N–H and O–H groups in total. The van der Waals surface area contributed by atoms with E-state index in [9.17, 15) is 4.79 Å². The molecule has 0 bridgehead atoms. The number of rotatable bonds is 9. The largest absolute Gasteiger partial charge is 0.356 e. The van der Waals surface area contributed by atoms with Crippen molar-refractivity contribution in [2.75, 3.05) is 40.8 Å². The van der Waals surface area contributed by atoms with E-state index in [1.807, 2.05) is 43.3 Å². The predicted molar refractivity (Wildman–Crippen MR) is 137 cm³/mol. The summed E-state index contributed by atoms with van der Waals surface area (Å²) in [6.07, 6.45) is 6.68. The van der Waals surface area contributed by atoms with Crippen molar-refractivity contribution in [2.45, 2.75) is 45.6 Å². The fourth-order valence-electron chi connectivity index (χ4n) is 3.94. The molecule has 0 heterocycles. The molecule has 6 nitrogen and oxygen atoms in total. The molecule has 1 amide bonds. The van der Waals surface area contributed by atoms with Crippen molar-refractivity contribution in [3.8, 4) is 0 Å². The SMILES string of the molecule is CN=C(NCCC1CCCC(C)C1)NCc1cccc(C(=O)NCCN(C)C)c1.I. The van der Waals surface area contributed by atoms with Crippen molar-refractivity contribution < 1.29 is 4.79 Å². The molecule has 1 fully saturated rings. The highest BCUT2D eigenvalue weighted by atomic mass is 127. The van der Waals surface area contributed by atoms with Crippen LogP contribution in [-0.4, -0.2) is 57.5 Å². The Balaban J connectivity index is 0.00000450. The topological polar surface area (TPSA) is 68.8 Å². The molecule has 1 saturated carbocycles. The normalized spacial score (nSPS) is 19.2. The summed E-state index contributed by atoms with van der Waals surface area (Å²) in [4.78, 5) is 18.7. The van der Waals surface area contributed by atoms with E-state index in [0.717, 1.165) is 36.4 Å². The van der Waals surface area contributed by atoms with Crippen LogP contribution < -0.4 is 16.0 Å². The molecule has 0 aromatic heterocycles. The summed E-state index contributed by atoms with van der Waals surface area (Å²) in [5.41, 5.74) is 1.76. The smallest absolute Gasteiger partial charge is 0.251 e. The number of carbonyl (C=O) groups is 1. The Bertz CT molecular complexity index is 665. The van der Waals surface area contributed by atoms with Gasteiger partial charge in [0.2, 0.25) is 0 Å². The fourth-order valence-corrected chi connectivity index (χ4v) is 3.94. The minimum atomic E-state index is -0.0297. The molecule has 1 aliphatic rings. The summed E-state index contributed by atoms with van der Waals surface area (Å²) in [6, 6.07) is 7.75. The van der Waals surface area contributed by atoms with Crippen LogP contribution in [0.3, 0.4) is 0 Å². The van der Waals surface area contributed by atoms with Gasteiger partial charge in [-0.25, -0.2) is 0 Å². The van der Waals surface area contributed by atoms with Crippen LogP contribution in [0.1, 0.15) is 54.9 Å². The fraction of sp³-hybridized carbons (Fsp3) is 0.652. The Morgan fingerprint density at radius 1 is 1.17 bits per heavy atom. The minimum Gasteiger partial charge on any atom is -0.356 e. The highest BCUT2D eigenvalue weighted by molar-refractivity contribution is 14.0. The Morgan fingerprint density at radius 2 is 1.97 bits per heavy atom. The number of nitrogens with one attached hydrogen (secondary N) is 3. The van der Waals surface area contributed by atoms with E-state index in [4.69, 9.17) is 0 Å². The second-order valence-corrected chi connectivity index (χ2v) is 8.54. The molecule has 1 aliphatic carbocycles. The van der Waals surface area contributed by atoms with Gasteiger partial charge in [-0.2, -0.15) is 0 Å². The number of benzene rings is 1. The zero-order chi connectivity index (χ0) is 21.1. The van der Waals surface area contributed by atoms with E-state index in [0.29, 0.717) is 18.7 Å². The molecular formula is C23H40IN5O. The third-order valence-corrected chi connectivity index (χ3v) is 5.61. The lowest BCUT2D eigenvalue weighted by molar-refractivity contribution is 0.0951. The summed E-state index contributed by atoms with van der Waals surface area (Å²) in [5.74, 6) is 2.50. The standard InChI is InChI=1S/C23H39N5O.HI/c1-18-7-5-8-19(15-18)11-12-26-23(24-2)27-17-20-9-6-10-21(16-20)22(29)25-13-14-28(3)4;/h6,9-10,16,18-19H,5,7-8,11-15,17H2,1-4H3,(H,25,29)(H2,24,26,27);1H. The summed E-state index contributed by atoms with van der Waals surface area (Å²) < 4.78 is 0. The van der Waals surface area contributed by atoms with Crippen LogP contribution in [0, 0.1) is 11.8 Å².